The van der Waals surface area contributed by atoms with E-state index >= 15 is 0 Å². The number of amides is 1. The van der Waals surface area contributed by atoms with Crippen LogP contribution in [0.15, 0.2) is 60.2 Å². The Balaban J connectivity index is 1.41. The SMILES string of the molecule is O=C(Cc1csc(-c2cccnc2)n1)N1CCOC(c2ccccc2)C1. The van der Waals surface area contributed by atoms with Gasteiger partial charge < -0.3 is 9.64 Å². The van der Waals surface area contributed by atoms with E-state index in [0.29, 0.717) is 26.1 Å². The van der Waals surface area contributed by atoms with Gasteiger partial charge in [-0.3, -0.25) is 9.78 Å². The van der Waals surface area contributed by atoms with E-state index in [1.165, 1.54) is 0 Å². The van der Waals surface area contributed by atoms with E-state index in [-0.39, 0.29) is 12.0 Å². The number of hydrogen-bond donors (Lipinski definition) is 0. The van der Waals surface area contributed by atoms with Crippen LogP contribution >= 0.6 is 11.3 Å². The van der Waals surface area contributed by atoms with E-state index in [2.05, 4.69) is 9.97 Å². The number of ether oxygens (including phenoxy) is 1. The number of nitrogens with zero attached hydrogens (tertiary/aromatic N) is 3. The molecule has 0 saturated carbocycles. The Labute approximate surface area is 156 Å². The maximum absolute atomic E-state index is 12.7. The monoisotopic (exact) mass is 365 g/mol. The van der Waals surface area contributed by atoms with Crippen LogP contribution in [0.1, 0.15) is 17.4 Å². The van der Waals surface area contributed by atoms with Crippen LogP contribution in [-0.2, 0) is 16.0 Å². The predicted octanol–water partition coefficient (Wildman–Crippen LogP) is 3.35. The highest BCUT2D eigenvalue weighted by Gasteiger charge is 2.25. The molecular formula is C20H19N3O2S. The number of hydrogen-bond acceptors (Lipinski definition) is 5. The molecule has 1 amide bonds. The van der Waals surface area contributed by atoms with Crippen LogP contribution in [0.4, 0.5) is 0 Å². The first-order chi connectivity index (χ1) is 12.8. The predicted molar refractivity (Wildman–Crippen MR) is 101 cm³/mol. The van der Waals surface area contributed by atoms with Crippen molar-refractivity contribution < 1.29 is 9.53 Å². The molecule has 132 valence electrons. The van der Waals surface area contributed by atoms with Gasteiger partial charge >= 0.3 is 0 Å². The summed E-state index contributed by atoms with van der Waals surface area (Å²) in [6.45, 7) is 1.77. The van der Waals surface area contributed by atoms with E-state index < -0.39 is 0 Å². The summed E-state index contributed by atoms with van der Waals surface area (Å²) in [6.07, 6.45) is 3.79. The molecule has 1 aromatic carbocycles. The highest BCUT2D eigenvalue weighted by Crippen LogP contribution is 2.25. The first-order valence-corrected chi connectivity index (χ1v) is 9.47. The Bertz CT molecular complexity index is 867. The van der Waals surface area contributed by atoms with Crippen molar-refractivity contribution in [2.24, 2.45) is 0 Å². The van der Waals surface area contributed by atoms with Crippen molar-refractivity contribution in [3.63, 3.8) is 0 Å². The topological polar surface area (TPSA) is 55.3 Å². The fourth-order valence-corrected chi connectivity index (χ4v) is 3.83. The van der Waals surface area contributed by atoms with Gasteiger partial charge in [0.05, 0.1) is 25.3 Å². The van der Waals surface area contributed by atoms with E-state index in [4.69, 9.17) is 4.74 Å². The third-order valence-electron chi connectivity index (χ3n) is 4.38. The smallest absolute Gasteiger partial charge is 0.228 e. The molecule has 0 radical (unpaired) electrons. The van der Waals surface area contributed by atoms with E-state index in [1.807, 2.05) is 52.7 Å². The molecule has 1 aliphatic rings. The molecule has 3 heterocycles. The average molecular weight is 365 g/mol. The summed E-state index contributed by atoms with van der Waals surface area (Å²) in [5, 5.41) is 2.85. The Hall–Kier alpha value is -2.57. The number of carbonyl (C=O) groups is 1. The summed E-state index contributed by atoms with van der Waals surface area (Å²) >= 11 is 1.54. The number of thiazole rings is 1. The fraction of sp³-hybridized carbons (Fsp3) is 0.250. The van der Waals surface area contributed by atoms with Crippen molar-refractivity contribution >= 4 is 17.2 Å². The van der Waals surface area contributed by atoms with Gasteiger partial charge in [0.1, 0.15) is 11.1 Å². The third kappa shape index (κ3) is 3.81. The molecule has 0 spiro atoms. The summed E-state index contributed by atoms with van der Waals surface area (Å²) in [5.41, 5.74) is 2.89. The van der Waals surface area contributed by atoms with Gasteiger partial charge in [-0.05, 0) is 17.7 Å². The van der Waals surface area contributed by atoms with Gasteiger partial charge in [-0.2, -0.15) is 0 Å². The maximum atomic E-state index is 12.7. The molecule has 0 N–H and O–H groups in total. The lowest BCUT2D eigenvalue weighted by molar-refractivity contribution is -0.138. The van der Waals surface area contributed by atoms with Crippen molar-refractivity contribution in [2.75, 3.05) is 19.7 Å². The highest BCUT2D eigenvalue weighted by molar-refractivity contribution is 7.13. The van der Waals surface area contributed by atoms with Gasteiger partial charge in [0.2, 0.25) is 5.91 Å². The first-order valence-electron chi connectivity index (χ1n) is 8.59. The molecule has 3 aromatic rings. The Kier molecular flexibility index (Phi) is 5.04. The number of morpholine rings is 1. The van der Waals surface area contributed by atoms with Gasteiger partial charge in [-0.15, -0.1) is 11.3 Å². The second-order valence-electron chi connectivity index (χ2n) is 6.17. The summed E-state index contributed by atoms with van der Waals surface area (Å²) in [6, 6.07) is 13.9. The molecule has 6 heteroatoms. The van der Waals surface area contributed by atoms with Crippen LogP contribution in [0.3, 0.4) is 0 Å². The minimum Gasteiger partial charge on any atom is -0.370 e. The van der Waals surface area contributed by atoms with E-state index in [0.717, 1.165) is 21.8 Å². The molecule has 26 heavy (non-hydrogen) atoms. The number of carbonyl (C=O) groups excluding carboxylic acids is 1. The molecular weight excluding hydrogens is 346 g/mol. The zero-order chi connectivity index (χ0) is 17.8. The van der Waals surface area contributed by atoms with Crippen molar-refractivity contribution in [1.29, 1.82) is 0 Å². The normalized spacial score (nSPS) is 17.2. The Morgan fingerprint density at radius 3 is 2.92 bits per heavy atom. The minimum absolute atomic E-state index is 0.0599. The number of pyridine rings is 1. The second kappa shape index (κ2) is 7.76. The first kappa shape index (κ1) is 16.9. The van der Waals surface area contributed by atoms with E-state index in [1.54, 1.807) is 23.7 Å². The lowest BCUT2D eigenvalue weighted by Crippen LogP contribution is -2.43. The van der Waals surface area contributed by atoms with Crippen LogP contribution in [0.25, 0.3) is 10.6 Å². The lowest BCUT2D eigenvalue weighted by atomic mass is 10.1. The summed E-state index contributed by atoms with van der Waals surface area (Å²) in [5.74, 6) is 0.0947. The molecule has 0 bridgehead atoms. The zero-order valence-electron chi connectivity index (χ0n) is 14.2. The lowest BCUT2D eigenvalue weighted by Gasteiger charge is -2.33. The molecule has 1 unspecified atom stereocenters. The molecule has 4 rings (SSSR count). The number of benzene rings is 1. The molecule has 1 fully saturated rings. The Morgan fingerprint density at radius 2 is 2.12 bits per heavy atom. The van der Waals surface area contributed by atoms with Crippen molar-refractivity contribution in [1.82, 2.24) is 14.9 Å². The molecule has 0 aliphatic carbocycles. The van der Waals surface area contributed by atoms with Crippen LogP contribution < -0.4 is 0 Å². The Morgan fingerprint density at radius 1 is 1.23 bits per heavy atom. The summed E-state index contributed by atoms with van der Waals surface area (Å²) in [7, 11) is 0. The molecule has 2 aromatic heterocycles. The van der Waals surface area contributed by atoms with Crippen molar-refractivity contribution in [3.05, 3.63) is 71.5 Å². The molecule has 1 saturated heterocycles. The van der Waals surface area contributed by atoms with Gasteiger partial charge in [0.15, 0.2) is 0 Å². The standard InChI is InChI=1S/C20H19N3O2S/c24-19(11-17-14-26-20(22-17)16-7-4-8-21-12-16)23-9-10-25-18(13-23)15-5-2-1-3-6-15/h1-8,12,14,18H,9-11,13H2. The van der Waals surface area contributed by atoms with E-state index in [9.17, 15) is 4.79 Å². The van der Waals surface area contributed by atoms with Crippen LogP contribution in [0.5, 0.6) is 0 Å². The van der Waals surface area contributed by atoms with Crippen LogP contribution in [0.2, 0.25) is 0 Å². The minimum atomic E-state index is -0.0599. The van der Waals surface area contributed by atoms with Gasteiger partial charge in [0.25, 0.3) is 0 Å². The van der Waals surface area contributed by atoms with Crippen molar-refractivity contribution in [2.45, 2.75) is 12.5 Å². The number of aromatic nitrogens is 2. The second-order valence-corrected chi connectivity index (χ2v) is 7.03. The molecule has 1 aliphatic heterocycles. The summed E-state index contributed by atoms with van der Waals surface area (Å²) in [4.78, 5) is 23.3. The highest BCUT2D eigenvalue weighted by atomic mass is 32.1. The van der Waals surface area contributed by atoms with Crippen molar-refractivity contribution in [3.8, 4) is 10.6 Å². The summed E-state index contributed by atoms with van der Waals surface area (Å²) < 4.78 is 5.84. The van der Waals surface area contributed by atoms with Gasteiger partial charge in [0, 0.05) is 29.9 Å². The zero-order valence-corrected chi connectivity index (χ0v) is 15.1. The van der Waals surface area contributed by atoms with Crippen LogP contribution in [-0.4, -0.2) is 40.5 Å². The molecule has 5 nitrogen and oxygen atoms in total. The number of rotatable bonds is 4. The largest absolute Gasteiger partial charge is 0.370 e. The average Bonchev–Trinajstić information content (AvgIpc) is 3.18. The fourth-order valence-electron chi connectivity index (χ4n) is 3.02. The van der Waals surface area contributed by atoms with Gasteiger partial charge in [-0.1, -0.05) is 30.3 Å². The maximum Gasteiger partial charge on any atom is 0.228 e. The molecule has 1 atom stereocenters. The quantitative estimate of drug-likeness (QED) is 0.711. The third-order valence-corrected chi connectivity index (χ3v) is 5.32. The van der Waals surface area contributed by atoms with Crippen LogP contribution in [0, 0.1) is 0 Å². The van der Waals surface area contributed by atoms with Gasteiger partial charge in [-0.25, -0.2) is 4.98 Å².